The van der Waals surface area contributed by atoms with Gasteiger partial charge in [-0.25, -0.2) is 0 Å². The summed E-state index contributed by atoms with van der Waals surface area (Å²) < 4.78 is 5.77. The van der Waals surface area contributed by atoms with E-state index in [2.05, 4.69) is 37.8 Å². The predicted octanol–water partition coefficient (Wildman–Crippen LogP) is 3.70. The molecule has 0 spiro atoms. The number of rotatable bonds is 3. The van der Waals surface area contributed by atoms with Crippen molar-refractivity contribution in [3.8, 4) is 11.8 Å². The summed E-state index contributed by atoms with van der Waals surface area (Å²) in [6.45, 7) is 9.69. The number of para-hydroxylation sites is 1. The standard InChI is InChI=1S/C16H22N2O/c1-5-19-14-8-6-7-13-12(2)11-16(3,4)18(10-9-17)15(13)14/h6-8,12H,5,10-11H2,1-4H3. The van der Waals surface area contributed by atoms with Crippen LogP contribution in [0.3, 0.4) is 0 Å². The first-order valence-corrected chi connectivity index (χ1v) is 6.91. The lowest BCUT2D eigenvalue weighted by atomic mass is 9.80. The van der Waals surface area contributed by atoms with Crippen LogP contribution < -0.4 is 9.64 Å². The molecule has 1 heterocycles. The molecule has 1 aliphatic heterocycles. The van der Waals surface area contributed by atoms with Crippen LogP contribution in [0.5, 0.6) is 5.75 Å². The van der Waals surface area contributed by atoms with Gasteiger partial charge in [-0.2, -0.15) is 5.26 Å². The average Bonchev–Trinajstić information content (AvgIpc) is 2.34. The summed E-state index contributed by atoms with van der Waals surface area (Å²) in [5, 5.41) is 9.13. The number of benzene rings is 1. The molecular formula is C16H22N2O. The van der Waals surface area contributed by atoms with Crippen molar-refractivity contribution in [2.45, 2.75) is 45.6 Å². The van der Waals surface area contributed by atoms with Crippen molar-refractivity contribution in [3.63, 3.8) is 0 Å². The Hall–Kier alpha value is -1.69. The Morgan fingerprint density at radius 3 is 2.84 bits per heavy atom. The highest BCUT2D eigenvalue weighted by Gasteiger charge is 2.37. The van der Waals surface area contributed by atoms with Gasteiger partial charge >= 0.3 is 0 Å². The first-order chi connectivity index (χ1) is 9.01. The SMILES string of the molecule is CCOc1cccc2c1N(CC#N)C(C)(C)CC2C. The second kappa shape index (κ2) is 5.13. The molecule has 0 amide bonds. The van der Waals surface area contributed by atoms with E-state index in [-0.39, 0.29) is 5.54 Å². The molecule has 1 unspecified atom stereocenters. The highest BCUT2D eigenvalue weighted by atomic mass is 16.5. The Bertz CT molecular complexity index is 502. The minimum Gasteiger partial charge on any atom is -0.492 e. The van der Waals surface area contributed by atoms with Crippen LogP contribution in [0, 0.1) is 11.3 Å². The summed E-state index contributed by atoms with van der Waals surface area (Å²) in [5.41, 5.74) is 2.38. The van der Waals surface area contributed by atoms with Crippen LogP contribution >= 0.6 is 0 Å². The molecule has 0 radical (unpaired) electrons. The lowest BCUT2D eigenvalue weighted by Crippen LogP contribution is -2.48. The molecule has 1 atom stereocenters. The summed E-state index contributed by atoms with van der Waals surface area (Å²) >= 11 is 0. The fourth-order valence-electron chi connectivity index (χ4n) is 3.13. The molecule has 0 fully saturated rings. The monoisotopic (exact) mass is 258 g/mol. The van der Waals surface area contributed by atoms with Crippen LogP contribution in [0.25, 0.3) is 0 Å². The molecular weight excluding hydrogens is 236 g/mol. The fraction of sp³-hybridized carbons (Fsp3) is 0.562. The van der Waals surface area contributed by atoms with Crippen molar-refractivity contribution in [1.29, 1.82) is 5.26 Å². The van der Waals surface area contributed by atoms with Crippen molar-refractivity contribution in [3.05, 3.63) is 23.8 Å². The van der Waals surface area contributed by atoms with Crippen molar-refractivity contribution in [1.82, 2.24) is 0 Å². The largest absolute Gasteiger partial charge is 0.492 e. The number of hydrogen-bond acceptors (Lipinski definition) is 3. The topological polar surface area (TPSA) is 36.3 Å². The lowest BCUT2D eigenvalue weighted by molar-refractivity contribution is 0.328. The van der Waals surface area contributed by atoms with E-state index >= 15 is 0 Å². The Morgan fingerprint density at radius 1 is 1.47 bits per heavy atom. The molecule has 0 bridgehead atoms. The summed E-state index contributed by atoms with van der Waals surface area (Å²) in [4.78, 5) is 2.19. The number of fused-ring (bicyclic) bond motifs is 1. The van der Waals surface area contributed by atoms with Gasteiger partial charge in [-0.05, 0) is 44.7 Å². The van der Waals surface area contributed by atoms with Gasteiger partial charge in [0.25, 0.3) is 0 Å². The van der Waals surface area contributed by atoms with Crippen LogP contribution in [0.4, 0.5) is 5.69 Å². The normalized spacial score (nSPS) is 20.6. The predicted molar refractivity (Wildman–Crippen MR) is 77.7 cm³/mol. The van der Waals surface area contributed by atoms with Gasteiger partial charge in [0.1, 0.15) is 12.3 Å². The Kier molecular flexibility index (Phi) is 3.71. The molecule has 102 valence electrons. The van der Waals surface area contributed by atoms with Gasteiger partial charge < -0.3 is 9.64 Å². The van der Waals surface area contributed by atoms with Crippen LogP contribution in [0.2, 0.25) is 0 Å². The van der Waals surface area contributed by atoms with Crippen molar-refractivity contribution >= 4 is 5.69 Å². The third kappa shape index (κ3) is 2.40. The minimum atomic E-state index is -0.0185. The quantitative estimate of drug-likeness (QED) is 0.776. The van der Waals surface area contributed by atoms with E-state index in [4.69, 9.17) is 10.00 Å². The highest BCUT2D eigenvalue weighted by Crippen LogP contribution is 2.47. The second-order valence-corrected chi connectivity index (χ2v) is 5.79. The zero-order valence-electron chi connectivity index (χ0n) is 12.2. The number of nitrogens with zero attached hydrogens (tertiary/aromatic N) is 2. The van der Waals surface area contributed by atoms with Gasteiger partial charge in [-0.15, -0.1) is 0 Å². The zero-order chi connectivity index (χ0) is 14.0. The maximum atomic E-state index is 9.13. The molecule has 1 aromatic carbocycles. The van der Waals surface area contributed by atoms with Crippen LogP contribution in [-0.2, 0) is 0 Å². The van der Waals surface area contributed by atoms with E-state index < -0.39 is 0 Å². The van der Waals surface area contributed by atoms with Crippen LogP contribution in [0.15, 0.2) is 18.2 Å². The minimum absolute atomic E-state index is 0.0185. The molecule has 2 rings (SSSR count). The molecule has 0 aromatic heterocycles. The maximum absolute atomic E-state index is 9.13. The summed E-state index contributed by atoms with van der Waals surface area (Å²) in [6.07, 6.45) is 1.05. The van der Waals surface area contributed by atoms with E-state index in [0.29, 0.717) is 19.1 Å². The second-order valence-electron chi connectivity index (χ2n) is 5.79. The number of anilines is 1. The summed E-state index contributed by atoms with van der Waals surface area (Å²) in [7, 11) is 0. The van der Waals surface area contributed by atoms with E-state index in [0.717, 1.165) is 17.9 Å². The molecule has 0 aliphatic carbocycles. The van der Waals surface area contributed by atoms with Gasteiger partial charge in [0, 0.05) is 5.54 Å². The lowest BCUT2D eigenvalue weighted by Gasteiger charge is -2.46. The van der Waals surface area contributed by atoms with Gasteiger partial charge in [0.2, 0.25) is 0 Å². The van der Waals surface area contributed by atoms with E-state index in [1.165, 1.54) is 5.56 Å². The van der Waals surface area contributed by atoms with Crippen molar-refractivity contribution in [2.24, 2.45) is 0 Å². The molecule has 0 N–H and O–H groups in total. The number of ether oxygens (including phenoxy) is 1. The zero-order valence-corrected chi connectivity index (χ0v) is 12.2. The van der Waals surface area contributed by atoms with Gasteiger partial charge in [0.05, 0.1) is 18.4 Å². The summed E-state index contributed by atoms with van der Waals surface area (Å²) in [5.74, 6) is 1.38. The third-order valence-electron chi connectivity index (χ3n) is 3.90. The van der Waals surface area contributed by atoms with Crippen LogP contribution in [-0.4, -0.2) is 18.7 Å². The van der Waals surface area contributed by atoms with Crippen LogP contribution in [0.1, 0.15) is 45.6 Å². The molecule has 3 nitrogen and oxygen atoms in total. The van der Waals surface area contributed by atoms with E-state index in [1.54, 1.807) is 0 Å². The smallest absolute Gasteiger partial charge is 0.142 e. The molecule has 19 heavy (non-hydrogen) atoms. The molecule has 3 heteroatoms. The first kappa shape index (κ1) is 13.7. The number of nitriles is 1. The molecule has 0 saturated heterocycles. The number of hydrogen-bond donors (Lipinski definition) is 0. The first-order valence-electron chi connectivity index (χ1n) is 6.91. The highest BCUT2D eigenvalue weighted by molar-refractivity contribution is 5.68. The Labute approximate surface area is 115 Å². The van der Waals surface area contributed by atoms with E-state index in [9.17, 15) is 0 Å². The van der Waals surface area contributed by atoms with Gasteiger partial charge in [0.15, 0.2) is 0 Å². The molecule has 1 aliphatic rings. The van der Waals surface area contributed by atoms with Crippen molar-refractivity contribution in [2.75, 3.05) is 18.1 Å². The van der Waals surface area contributed by atoms with Gasteiger partial charge in [-0.3, -0.25) is 0 Å². The average molecular weight is 258 g/mol. The van der Waals surface area contributed by atoms with E-state index in [1.807, 2.05) is 19.1 Å². The summed E-state index contributed by atoms with van der Waals surface area (Å²) in [6, 6.07) is 8.49. The molecule has 0 saturated carbocycles. The fourth-order valence-corrected chi connectivity index (χ4v) is 3.13. The van der Waals surface area contributed by atoms with Crippen molar-refractivity contribution < 1.29 is 4.74 Å². The Balaban J connectivity index is 2.58. The Morgan fingerprint density at radius 2 is 2.21 bits per heavy atom. The maximum Gasteiger partial charge on any atom is 0.142 e. The van der Waals surface area contributed by atoms with Gasteiger partial charge in [-0.1, -0.05) is 19.1 Å². The molecule has 1 aromatic rings. The third-order valence-corrected chi connectivity index (χ3v) is 3.90.